The highest BCUT2D eigenvalue weighted by molar-refractivity contribution is 7.99. The lowest BCUT2D eigenvalue weighted by Gasteiger charge is -2.04. The van der Waals surface area contributed by atoms with Gasteiger partial charge in [-0.25, -0.2) is 9.97 Å². The molecule has 0 aliphatic heterocycles. The van der Waals surface area contributed by atoms with E-state index in [1.807, 2.05) is 12.5 Å². The minimum Gasteiger partial charge on any atom is -0.215 e. The lowest BCUT2D eigenvalue weighted by atomic mass is 10.4. The normalized spacial score (nSPS) is 11.2. The molecule has 0 bridgehead atoms. The van der Waals surface area contributed by atoms with Crippen LogP contribution in [-0.4, -0.2) is 42.5 Å². The topological polar surface area (TPSA) is 69.4 Å². The number of thioether (sulfide) groups is 2. The van der Waals surface area contributed by atoms with E-state index in [9.17, 15) is 0 Å². The Morgan fingerprint density at radius 2 is 1.95 bits per heavy atom. The minimum atomic E-state index is 0.342. The molecule has 0 saturated heterocycles. The molecule has 3 heterocycles. The average molecular weight is 325 g/mol. The van der Waals surface area contributed by atoms with Gasteiger partial charge in [0.1, 0.15) is 5.03 Å². The van der Waals surface area contributed by atoms with E-state index < -0.39 is 0 Å². The fraction of sp³-hybridized carbons (Fsp3) is 0.182. The number of halogens is 1. The molecule has 9 heteroatoms. The van der Waals surface area contributed by atoms with Gasteiger partial charge in [0.15, 0.2) is 21.8 Å². The van der Waals surface area contributed by atoms with Crippen molar-refractivity contribution < 1.29 is 0 Å². The van der Waals surface area contributed by atoms with Crippen molar-refractivity contribution in [3.8, 4) is 5.82 Å². The summed E-state index contributed by atoms with van der Waals surface area (Å²) in [5, 5.41) is 15.0. The Labute approximate surface area is 128 Å². The van der Waals surface area contributed by atoms with Crippen molar-refractivity contribution >= 4 is 46.2 Å². The predicted octanol–water partition coefficient (Wildman–Crippen LogP) is 2.70. The van der Waals surface area contributed by atoms with Crippen LogP contribution in [0.3, 0.4) is 0 Å². The average Bonchev–Trinajstić information content (AvgIpc) is 2.90. The zero-order valence-electron chi connectivity index (χ0n) is 10.6. The molecule has 3 aromatic heterocycles. The number of hydrogen-bond donors (Lipinski definition) is 0. The van der Waals surface area contributed by atoms with E-state index in [-0.39, 0.29) is 0 Å². The van der Waals surface area contributed by atoms with Gasteiger partial charge in [0.05, 0.1) is 11.6 Å². The van der Waals surface area contributed by atoms with E-state index >= 15 is 0 Å². The highest BCUT2D eigenvalue weighted by Crippen LogP contribution is 2.26. The third-order valence-electron chi connectivity index (χ3n) is 2.58. The molecule has 0 spiro atoms. The molecule has 0 N–H and O–H groups in total. The van der Waals surface area contributed by atoms with Crippen molar-refractivity contribution in [2.75, 3.05) is 12.5 Å². The lowest BCUT2D eigenvalue weighted by molar-refractivity contribution is 0.815. The molecule has 0 aliphatic carbocycles. The van der Waals surface area contributed by atoms with E-state index in [1.54, 1.807) is 34.8 Å². The Kier molecular flexibility index (Phi) is 3.77. The van der Waals surface area contributed by atoms with Gasteiger partial charge < -0.3 is 0 Å². The van der Waals surface area contributed by atoms with Crippen molar-refractivity contribution in [1.82, 2.24) is 29.9 Å². The van der Waals surface area contributed by atoms with E-state index in [0.717, 1.165) is 10.4 Å². The Morgan fingerprint density at radius 3 is 2.60 bits per heavy atom. The van der Waals surface area contributed by atoms with E-state index in [0.29, 0.717) is 21.8 Å². The molecule has 0 fully saturated rings. The molecule has 0 aromatic carbocycles. The van der Waals surface area contributed by atoms with E-state index in [4.69, 9.17) is 11.6 Å². The molecule has 6 nitrogen and oxygen atoms in total. The van der Waals surface area contributed by atoms with Crippen LogP contribution in [0.25, 0.3) is 16.9 Å². The fourth-order valence-electron chi connectivity index (χ4n) is 1.70. The van der Waals surface area contributed by atoms with Gasteiger partial charge in [-0.15, -0.1) is 22.0 Å². The van der Waals surface area contributed by atoms with Crippen molar-refractivity contribution in [2.45, 2.75) is 10.2 Å². The van der Waals surface area contributed by atoms with Gasteiger partial charge in [0, 0.05) is 0 Å². The number of aromatic nitrogens is 6. The second-order valence-corrected chi connectivity index (χ2v) is 5.68. The number of fused-ring (bicyclic) bond motifs is 1. The van der Waals surface area contributed by atoms with E-state index in [1.165, 1.54) is 11.8 Å². The highest BCUT2D eigenvalue weighted by atomic mass is 35.5. The van der Waals surface area contributed by atoms with Crippen LogP contribution in [-0.2, 0) is 0 Å². The van der Waals surface area contributed by atoms with Crippen LogP contribution in [0.15, 0.2) is 28.5 Å². The van der Waals surface area contributed by atoms with Crippen LogP contribution < -0.4 is 0 Å². The maximum atomic E-state index is 5.75. The molecule has 0 unspecified atom stereocenters. The number of rotatable bonds is 3. The lowest BCUT2D eigenvalue weighted by Crippen LogP contribution is -2.02. The van der Waals surface area contributed by atoms with Gasteiger partial charge in [-0.2, -0.15) is 9.78 Å². The summed E-state index contributed by atoms with van der Waals surface area (Å²) >= 11 is 8.80. The summed E-state index contributed by atoms with van der Waals surface area (Å²) in [4.78, 5) is 8.96. The molecule has 0 radical (unpaired) electrons. The van der Waals surface area contributed by atoms with Crippen molar-refractivity contribution in [3.05, 3.63) is 23.5 Å². The van der Waals surface area contributed by atoms with Crippen LogP contribution >= 0.6 is 35.1 Å². The SMILES string of the molecule is CSc1nc(SC)c2cnn(-c3ccc(Cl)nn3)c2n1. The van der Waals surface area contributed by atoms with Gasteiger partial charge in [0.25, 0.3) is 0 Å². The molecule has 0 aliphatic rings. The molecule has 102 valence electrons. The molecule has 20 heavy (non-hydrogen) atoms. The van der Waals surface area contributed by atoms with Crippen molar-refractivity contribution in [2.24, 2.45) is 0 Å². The first-order valence-electron chi connectivity index (χ1n) is 5.56. The van der Waals surface area contributed by atoms with Gasteiger partial charge >= 0.3 is 0 Å². The molecule has 0 saturated carbocycles. The maximum Gasteiger partial charge on any atom is 0.190 e. The monoisotopic (exact) mass is 324 g/mol. The first-order valence-corrected chi connectivity index (χ1v) is 8.39. The van der Waals surface area contributed by atoms with E-state index in [2.05, 4.69) is 25.3 Å². The zero-order chi connectivity index (χ0) is 14.1. The Bertz CT molecular complexity index is 757. The van der Waals surface area contributed by atoms with Crippen LogP contribution in [0.2, 0.25) is 5.15 Å². The summed E-state index contributed by atoms with van der Waals surface area (Å²) in [5.74, 6) is 0.571. The zero-order valence-corrected chi connectivity index (χ0v) is 13.0. The van der Waals surface area contributed by atoms with Crippen molar-refractivity contribution in [3.63, 3.8) is 0 Å². The summed E-state index contributed by atoms with van der Waals surface area (Å²) in [6, 6.07) is 3.42. The molecule has 3 rings (SSSR count). The van der Waals surface area contributed by atoms with Crippen molar-refractivity contribution in [1.29, 1.82) is 0 Å². The van der Waals surface area contributed by atoms with Gasteiger partial charge in [-0.1, -0.05) is 23.4 Å². The smallest absolute Gasteiger partial charge is 0.190 e. The second kappa shape index (κ2) is 5.55. The molecular weight excluding hydrogens is 316 g/mol. The number of hydrogen-bond acceptors (Lipinski definition) is 7. The summed E-state index contributed by atoms with van der Waals surface area (Å²) in [7, 11) is 0. The van der Waals surface area contributed by atoms with Gasteiger partial charge in [-0.05, 0) is 24.6 Å². The van der Waals surface area contributed by atoms with Crippen LogP contribution in [0, 0.1) is 0 Å². The van der Waals surface area contributed by atoms with Crippen LogP contribution in [0.5, 0.6) is 0 Å². The minimum absolute atomic E-state index is 0.342. The van der Waals surface area contributed by atoms with Gasteiger partial charge in [-0.3, -0.25) is 0 Å². The predicted molar refractivity (Wildman–Crippen MR) is 80.8 cm³/mol. The van der Waals surface area contributed by atoms with Crippen LogP contribution in [0.4, 0.5) is 0 Å². The Balaban J connectivity index is 2.24. The van der Waals surface area contributed by atoms with Crippen LogP contribution in [0.1, 0.15) is 0 Å². The molecular formula is C11H9ClN6S2. The Morgan fingerprint density at radius 1 is 1.10 bits per heavy atom. The largest absolute Gasteiger partial charge is 0.215 e. The molecule has 0 amide bonds. The Hall–Kier alpha value is -1.38. The third-order valence-corrected chi connectivity index (χ3v) is 4.03. The molecule has 0 atom stereocenters. The summed E-state index contributed by atoms with van der Waals surface area (Å²) < 4.78 is 1.64. The summed E-state index contributed by atoms with van der Waals surface area (Å²) in [5.41, 5.74) is 0.713. The summed E-state index contributed by atoms with van der Waals surface area (Å²) in [6.45, 7) is 0. The maximum absolute atomic E-state index is 5.75. The van der Waals surface area contributed by atoms with Gasteiger partial charge in [0.2, 0.25) is 0 Å². The third kappa shape index (κ3) is 2.34. The second-order valence-electron chi connectivity index (χ2n) is 3.73. The standard InChI is InChI=1S/C11H9ClN6S2/c1-19-10-6-5-13-18(8-4-3-7(12)16-17-8)9(6)14-11(15-10)20-2/h3-5H,1-2H3. The highest BCUT2D eigenvalue weighted by Gasteiger charge is 2.14. The summed E-state index contributed by atoms with van der Waals surface area (Å²) in [6.07, 6.45) is 5.65. The fourth-order valence-corrected chi connectivity index (χ4v) is 2.76. The molecule has 3 aromatic rings. The first kappa shape index (κ1) is 13.6. The first-order chi connectivity index (χ1) is 9.72. The number of nitrogens with zero attached hydrogens (tertiary/aromatic N) is 6. The quantitative estimate of drug-likeness (QED) is 0.417.